The lowest BCUT2D eigenvalue weighted by atomic mass is 9.92. The molecule has 0 aromatic rings. The van der Waals surface area contributed by atoms with Crippen LogP contribution in [0, 0.1) is 0 Å². The van der Waals surface area contributed by atoms with Crippen LogP contribution in [0.5, 0.6) is 0 Å². The molecule has 0 spiro atoms. The molecule has 4 heteroatoms. The van der Waals surface area contributed by atoms with Gasteiger partial charge in [0, 0.05) is 0 Å². The Morgan fingerprint density at radius 1 is 1.44 bits per heavy atom. The standard InChI is InChI=1S/C14H23NO3/c1-4-10(5-2)18-11-8-7-9-14(12(11)15-14)13(16)17-6-3/h7-8,10-12,15H,4-6,9H2,1-3H3/t11-,12+,14-/m1/s1. The fourth-order valence-electron chi connectivity index (χ4n) is 2.64. The highest BCUT2D eigenvalue weighted by Gasteiger charge is 2.64. The van der Waals surface area contributed by atoms with E-state index < -0.39 is 5.54 Å². The van der Waals surface area contributed by atoms with Gasteiger partial charge in [-0.25, -0.2) is 4.79 Å². The maximum atomic E-state index is 12.0. The molecule has 18 heavy (non-hydrogen) atoms. The summed E-state index contributed by atoms with van der Waals surface area (Å²) >= 11 is 0. The molecule has 1 aliphatic heterocycles. The van der Waals surface area contributed by atoms with Gasteiger partial charge >= 0.3 is 5.97 Å². The predicted octanol–water partition coefficient (Wildman–Crippen LogP) is 1.79. The summed E-state index contributed by atoms with van der Waals surface area (Å²) in [5, 5.41) is 3.27. The average molecular weight is 253 g/mol. The second kappa shape index (κ2) is 5.41. The summed E-state index contributed by atoms with van der Waals surface area (Å²) in [7, 11) is 0. The fourth-order valence-corrected chi connectivity index (χ4v) is 2.64. The first-order valence-electron chi connectivity index (χ1n) is 6.95. The molecule has 2 rings (SSSR count). The Labute approximate surface area is 109 Å². The van der Waals surface area contributed by atoms with E-state index in [2.05, 4.69) is 25.2 Å². The van der Waals surface area contributed by atoms with Gasteiger partial charge in [0.05, 0.1) is 24.9 Å². The average Bonchev–Trinajstić information content (AvgIpc) is 3.13. The minimum absolute atomic E-state index is 0.00643. The summed E-state index contributed by atoms with van der Waals surface area (Å²) < 4.78 is 11.2. The molecule has 3 atom stereocenters. The Balaban J connectivity index is 1.99. The summed E-state index contributed by atoms with van der Waals surface area (Å²) in [4.78, 5) is 12.0. The number of fused-ring (bicyclic) bond motifs is 1. The largest absolute Gasteiger partial charge is 0.465 e. The minimum Gasteiger partial charge on any atom is -0.465 e. The van der Waals surface area contributed by atoms with Crippen molar-refractivity contribution < 1.29 is 14.3 Å². The van der Waals surface area contributed by atoms with Gasteiger partial charge in [-0.05, 0) is 26.2 Å². The molecule has 4 nitrogen and oxygen atoms in total. The predicted molar refractivity (Wildman–Crippen MR) is 69.3 cm³/mol. The van der Waals surface area contributed by atoms with E-state index in [1.54, 1.807) is 0 Å². The number of rotatable bonds is 6. The number of carbonyl (C=O) groups is 1. The number of carbonyl (C=O) groups excluding carboxylic acids is 1. The molecule has 0 amide bonds. The molecule has 102 valence electrons. The van der Waals surface area contributed by atoms with Crippen LogP contribution in [-0.4, -0.2) is 36.4 Å². The lowest BCUT2D eigenvalue weighted by Crippen LogP contribution is -2.38. The molecule has 1 fully saturated rings. The molecular weight excluding hydrogens is 230 g/mol. The maximum Gasteiger partial charge on any atom is 0.328 e. The minimum atomic E-state index is -0.512. The highest BCUT2D eigenvalue weighted by Crippen LogP contribution is 2.40. The Bertz CT molecular complexity index is 338. The van der Waals surface area contributed by atoms with E-state index in [4.69, 9.17) is 9.47 Å². The molecule has 0 saturated carbocycles. The monoisotopic (exact) mass is 253 g/mol. The van der Waals surface area contributed by atoms with Crippen LogP contribution in [0.4, 0.5) is 0 Å². The molecule has 0 radical (unpaired) electrons. The van der Waals surface area contributed by atoms with E-state index in [-0.39, 0.29) is 24.2 Å². The summed E-state index contributed by atoms with van der Waals surface area (Å²) in [6, 6.07) is 0.0853. The molecule has 0 aromatic carbocycles. The molecule has 0 bridgehead atoms. The third kappa shape index (κ3) is 2.31. The first kappa shape index (κ1) is 13.6. The van der Waals surface area contributed by atoms with Crippen LogP contribution >= 0.6 is 0 Å². The number of esters is 1. The normalized spacial score (nSPS) is 33.3. The molecule has 1 N–H and O–H groups in total. The number of hydrogen-bond acceptors (Lipinski definition) is 4. The Kier molecular flexibility index (Phi) is 4.07. The van der Waals surface area contributed by atoms with Crippen LogP contribution < -0.4 is 5.32 Å². The van der Waals surface area contributed by atoms with E-state index in [0.717, 1.165) is 12.8 Å². The van der Waals surface area contributed by atoms with Gasteiger partial charge in [-0.3, -0.25) is 5.32 Å². The van der Waals surface area contributed by atoms with Crippen LogP contribution in [-0.2, 0) is 14.3 Å². The van der Waals surface area contributed by atoms with Crippen LogP contribution in [0.1, 0.15) is 40.0 Å². The van der Waals surface area contributed by atoms with Crippen molar-refractivity contribution in [1.82, 2.24) is 5.32 Å². The van der Waals surface area contributed by atoms with Gasteiger partial charge in [-0.2, -0.15) is 0 Å². The molecule has 0 unspecified atom stereocenters. The third-order valence-electron chi connectivity index (χ3n) is 3.85. The molecular formula is C14H23NO3. The van der Waals surface area contributed by atoms with Crippen molar-refractivity contribution in [2.45, 2.75) is 63.8 Å². The van der Waals surface area contributed by atoms with Crippen LogP contribution in [0.2, 0.25) is 0 Å². The van der Waals surface area contributed by atoms with E-state index in [1.807, 2.05) is 13.0 Å². The highest BCUT2D eigenvalue weighted by atomic mass is 16.5. The number of ether oxygens (including phenoxy) is 2. The first-order chi connectivity index (χ1) is 8.67. The van der Waals surface area contributed by atoms with Crippen molar-refractivity contribution in [2.24, 2.45) is 0 Å². The van der Waals surface area contributed by atoms with Gasteiger partial charge in [-0.1, -0.05) is 26.0 Å². The quantitative estimate of drug-likeness (QED) is 0.445. The topological polar surface area (TPSA) is 57.5 Å². The highest BCUT2D eigenvalue weighted by molar-refractivity contribution is 5.87. The van der Waals surface area contributed by atoms with Gasteiger partial charge in [0.2, 0.25) is 0 Å². The second-order valence-corrected chi connectivity index (χ2v) is 4.99. The van der Waals surface area contributed by atoms with Gasteiger partial charge in [0.15, 0.2) is 0 Å². The lowest BCUT2D eigenvalue weighted by molar-refractivity contribution is -0.146. The molecule has 1 heterocycles. The van der Waals surface area contributed by atoms with Crippen molar-refractivity contribution >= 4 is 5.97 Å². The SMILES string of the molecule is CCOC(=O)[C@@]12CC=C[C@@H](OC(CC)CC)[C@@H]1N2. The van der Waals surface area contributed by atoms with Crippen molar-refractivity contribution in [1.29, 1.82) is 0 Å². The number of hydrogen-bond donors (Lipinski definition) is 1. The van der Waals surface area contributed by atoms with Crippen molar-refractivity contribution in [2.75, 3.05) is 6.61 Å². The van der Waals surface area contributed by atoms with Crippen LogP contribution in [0.3, 0.4) is 0 Å². The summed E-state index contributed by atoms with van der Waals surface area (Å²) in [6.07, 6.45) is 7.06. The molecule has 1 aliphatic carbocycles. The summed E-state index contributed by atoms with van der Waals surface area (Å²) in [5.41, 5.74) is -0.512. The second-order valence-electron chi connectivity index (χ2n) is 4.99. The smallest absolute Gasteiger partial charge is 0.328 e. The molecule has 2 aliphatic rings. The van der Waals surface area contributed by atoms with E-state index in [9.17, 15) is 4.79 Å². The van der Waals surface area contributed by atoms with Crippen LogP contribution in [0.25, 0.3) is 0 Å². The molecule has 1 saturated heterocycles. The van der Waals surface area contributed by atoms with Crippen molar-refractivity contribution in [3.8, 4) is 0 Å². The summed E-state index contributed by atoms with van der Waals surface area (Å²) in [6.45, 7) is 6.51. The van der Waals surface area contributed by atoms with Gasteiger partial charge in [0.25, 0.3) is 0 Å². The zero-order valence-electron chi connectivity index (χ0n) is 11.4. The van der Waals surface area contributed by atoms with E-state index in [0.29, 0.717) is 13.0 Å². The first-order valence-corrected chi connectivity index (χ1v) is 6.95. The Morgan fingerprint density at radius 2 is 2.17 bits per heavy atom. The maximum absolute atomic E-state index is 12.0. The Morgan fingerprint density at radius 3 is 2.78 bits per heavy atom. The summed E-state index contributed by atoms with van der Waals surface area (Å²) in [5.74, 6) is -0.141. The number of nitrogens with one attached hydrogen (secondary N) is 1. The zero-order valence-corrected chi connectivity index (χ0v) is 11.4. The Hall–Kier alpha value is -0.870. The lowest BCUT2D eigenvalue weighted by Gasteiger charge is -2.24. The van der Waals surface area contributed by atoms with Gasteiger partial charge in [-0.15, -0.1) is 0 Å². The third-order valence-corrected chi connectivity index (χ3v) is 3.85. The van der Waals surface area contributed by atoms with Crippen LogP contribution in [0.15, 0.2) is 12.2 Å². The fraction of sp³-hybridized carbons (Fsp3) is 0.786. The van der Waals surface area contributed by atoms with Gasteiger partial charge in [0.1, 0.15) is 5.54 Å². The molecule has 0 aromatic heterocycles. The van der Waals surface area contributed by atoms with E-state index >= 15 is 0 Å². The van der Waals surface area contributed by atoms with Crippen molar-refractivity contribution in [3.63, 3.8) is 0 Å². The van der Waals surface area contributed by atoms with Gasteiger partial charge < -0.3 is 9.47 Å². The van der Waals surface area contributed by atoms with E-state index in [1.165, 1.54) is 0 Å². The zero-order chi connectivity index (χ0) is 13.2. The van der Waals surface area contributed by atoms with Crippen molar-refractivity contribution in [3.05, 3.63) is 12.2 Å².